The van der Waals surface area contributed by atoms with Gasteiger partial charge >= 0.3 is 405 Å². The van der Waals surface area contributed by atoms with Crippen LogP contribution in [-0.4, -0.2) is 29.0 Å². The molecule has 0 aliphatic rings. The third-order valence-electron chi connectivity index (χ3n) is 15.4. The van der Waals surface area contributed by atoms with Gasteiger partial charge in [0.25, 0.3) is 0 Å². The number of rotatable bonds is 26. The Morgan fingerprint density at radius 1 is 0.344 bits per heavy atom. The van der Waals surface area contributed by atoms with Gasteiger partial charge in [0.15, 0.2) is 0 Å². The van der Waals surface area contributed by atoms with E-state index in [9.17, 15) is 0 Å². The molecule has 0 bridgehead atoms. The van der Waals surface area contributed by atoms with Crippen molar-refractivity contribution in [2.75, 3.05) is 0 Å². The molecule has 2 aromatic heterocycles. The molecule has 7 aromatic rings. The standard InChI is InChI=1S/C62H82Se2/c1-9-17-27-43(13-5)35-49-51-39-54-52(40-53(51)55(37-45(15-7)29-19-11-3)61-57(49)41-59(63-61)47-31-23-21-24-32-47)50(36-44(14-6)28-18-10-2)58-42-60(48-33-25-22-26-34-48)64-62(58)56(54)38-46(16-8)30-20-12-4/h21-26,31-34,39-46H,9-20,27-30,35-38H2,1-8H3. The van der Waals surface area contributed by atoms with Crippen molar-refractivity contribution in [2.45, 2.75) is 184 Å². The molecule has 0 radical (unpaired) electrons. The van der Waals surface area contributed by atoms with Crippen molar-refractivity contribution < 1.29 is 0 Å². The monoisotopic (exact) mass is 986 g/mol. The molecule has 0 saturated carbocycles. The van der Waals surface area contributed by atoms with Crippen LogP contribution < -0.4 is 0 Å². The number of hydrogen-bond acceptors (Lipinski definition) is 0. The van der Waals surface area contributed by atoms with E-state index in [-0.39, 0.29) is 29.0 Å². The molecular formula is C62H82Se2. The van der Waals surface area contributed by atoms with Crippen LogP contribution in [0.5, 0.6) is 0 Å². The van der Waals surface area contributed by atoms with E-state index in [1.54, 1.807) is 72.0 Å². The molecular weight excluding hydrogens is 903 g/mol. The van der Waals surface area contributed by atoms with Crippen molar-refractivity contribution >= 4 is 69.8 Å². The number of fused-ring (bicyclic) bond motifs is 4. The van der Waals surface area contributed by atoms with Crippen LogP contribution in [0.3, 0.4) is 0 Å². The number of benzene rings is 5. The van der Waals surface area contributed by atoms with E-state index >= 15 is 0 Å². The minimum absolute atomic E-state index is 0.279. The zero-order valence-electron chi connectivity index (χ0n) is 41.4. The molecule has 0 nitrogen and oxygen atoms in total. The van der Waals surface area contributed by atoms with Gasteiger partial charge in [-0.15, -0.1) is 0 Å². The minimum atomic E-state index is 0.279. The first-order valence-corrected chi connectivity index (χ1v) is 29.8. The van der Waals surface area contributed by atoms with Gasteiger partial charge in [0.05, 0.1) is 0 Å². The van der Waals surface area contributed by atoms with Crippen molar-refractivity contribution in [1.29, 1.82) is 0 Å². The first kappa shape index (κ1) is 49.1. The third kappa shape index (κ3) is 11.3. The van der Waals surface area contributed by atoms with E-state index in [0.29, 0.717) is 11.8 Å². The molecule has 64 heavy (non-hydrogen) atoms. The average molecular weight is 985 g/mol. The predicted molar refractivity (Wildman–Crippen MR) is 289 cm³/mol. The SMILES string of the molecule is CCCCC(CC)Cc1c2cc3c(CC(CC)CCCC)c4[se]c(-c5ccccc5)cc4c(CC(CC)CCCC)c3cc2c(CC(CC)CCCC)c2[se]c(-c3ccccc3)cc12. The zero-order valence-corrected chi connectivity index (χ0v) is 44.8. The number of unbranched alkanes of at least 4 members (excludes halogenated alkanes) is 4. The Morgan fingerprint density at radius 3 is 0.938 bits per heavy atom. The molecule has 0 spiro atoms. The maximum absolute atomic E-state index is 2.86. The first-order chi connectivity index (χ1) is 31.4. The second-order valence-corrected chi connectivity index (χ2v) is 24.2. The summed E-state index contributed by atoms with van der Waals surface area (Å²) in [6, 6.07) is 34.1. The second kappa shape index (κ2) is 24.2. The molecule has 342 valence electrons. The van der Waals surface area contributed by atoms with Gasteiger partial charge in [-0.1, -0.05) is 0 Å². The van der Waals surface area contributed by atoms with Crippen LogP contribution in [0.1, 0.15) is 180 Å². The molecule has 0 amide bonds. The van der Waals surface area contributed by atoms with Crippen LogP contribution >= 0.6 is 0 Å². The summed E-state index contributed by atoms with van der Waals surface area (Å²) in [4.78, 5) is 0. The van der Waals surface area contributed by atoms with Crippen molar-refractivity contribution in [2.24, 2.45) is 23.7 Å². The Labute approximate surface area is 401 Å². The van der Waals surface area contributed by atoms with Gasteiger partial charge in [-0.2, -0.15) is 0 Å². The molecule has 0 aliphatic heterocycles. The summed E-state index contributed by atoms with van der Waals surface area (Å²) in [5, 5.41) is 9.71. The van der Waals surface area contributed by atoms with Crippen LogP contribution in [0.4, 0.5) is 0 Å². The van der Waals surface area contributed by atoms with Gasteiger partial charge in [-0.3, -0.25) is 0 Å². The van der Waals surface area contributed by atoms with Crippen LogP contribution in [0.15, 0.2) is 84.9 Å². The molecule has 0 aliphatic carbocycles. The topological polar surface area (TPSA) is 0 Å². The van der Waals surface area contributed by atoms with Crippen LogP contribution in [-0.2, 0) is 25.7 Å². The Balaban J connectivity index is 1.64. The van der Waals surface area contributed by atoms with E-state index < -0.39 is 0 Å². The van der Waals surface area contributed by atoms with E-state index in [0.717, 1.165) is 11.8 Å². The summed E-state index contributed by atoms with van der Waals surface area (Å²) in [6.07, 6.45) is 25.6. The molecule has 2 heterocycles. The zero-order chi connectivity index (χ0) is 45.0. The first-order valence-electron chi connectivity index (χ1n) is 26.4. The summed E-state index contributed by atoms with van der Waals surface area (Å²) in [6.45, 7) is 19.4. The quantitative estimate of drug-likeness (QED) is 0.0375. The maximum atomic E-state index is 2.86. The Kier molecular flexibility index (Phi) is 18.6. The fourth-order valence-corrected chi connectivity index (χ4v) is 16.4. The van der Waals surface area contributed by atoms with Gasteiger partial charge in [0.2, 0.25) is 0 Å². The molecule has 2 heteroatoms. The Bertz CT molecular complexity index is 2210. The van der Waals surface area contributed by atoms with E-state index in [2.05, 4.69) is 140 Å². The van der Waals surface area contributed by atoms with Crippen molar-refractivity contribution in [1.82, 2.24) is 0 Å². The van der Waals surface area contributed by atoms with E-state index in [1.807, 2.05) is 0 Å². The molecule has 4 unspecified atom stereocenters. The van der Waals surface area contributed by atoms with Crippen LogP contribution in [0.25, 0.3) is 60.8 Å². The summed E-state index contributed by atoms with van der Waals surface area (Å²) in [7, 11) is 0. The molecule has 5 aromatic carbocycles. The summed E-state index contributed by atoms with van der Waals surface area (Å²) < 4.78 is 6.62. The molecule has 0 fully saturated rings. The summed E-state index contributed by atoms with van der Waals surface area (Å²) in [5.41, 5.74) is 9.66. The molecule has 0 N–H and O–H groups in total. The fourth-order valence-electron chi connectivity index (χ4n) is 11.1. The fraction of sp³-hybridized carbons (Fsp3) is 0.516. The molecule has 7 rings (SSSR count). The van der Waals surface area contributed by atoms with Crippen molar-refractivity contribution in [3.05, 3.63) is 107 Å². The third-order valence-corrected chi connectivity index (χ3v) is 20.6. The van der Waals surface area contributed by atoms with E-state index in [4.69, 9.17) is 0 Å². The van der Waals surface area contributed by atoms with Gasteiger partial charge in [0, 0.05) is 0 Å². The van der Waals surface area contributed by atoms with Gasteiger partial charge in [-0.05, 0) is 0 Å². The second-order valence-electron chi connectivity index (χ2n) is 19.8. The normalized spacial score (nSPS) is 14.0. The van der Waals surface area contributed by atoms with Crippen molar-refractivity contribution in [3.63, 3.8) is 0 Å². The Morgan fingerprint density at radius 2 is 0.641 bits per heavy atom. The van der Waals surface area contributed by atoms with Crippen LogP contribution in [0, 0.1) is 23.7 Å². The Hall–Kier alpha value is -2.86. The van der Waals surface area contributed by atoms with Gasteiger partial charge in [0.1, 0.15) is 0 Å². The van der Waals surface area contributed by atoms with Gasteiger partial charge in [-0.25, -0.2) is 0 Å². The molecule has 4 atom stereocenters. The predicted octanol–water partition coefficient (Wildman–Crippen LogP) is 18.8. The molecule has 0 saturated heterocycles. The van der Waals surface area contributed by atoms with Crippen molar-refractivity contribution in [3.8, 4) is 20.0 Å². The average Bonchev–Trinajstić information content (AvgIpc) is 3.99. The number of hydrogen-bond donors (Lipinski definition) is 0. The summed E-state index contributed by atoms with van der Waals surface area (Å²) >= 11 is 0.557. The summed E-state index contributed by atoms with van der Waals surface area (Å²) in [5.74, 6) is 2.85. The van der Waals surface area contributed by atoms with E-state index in [1.165, 1.54) is 140 Å². The van der Waals surface area contributed by atoms with Crippen LogP contribution in [0.2, 0.25) is 0 Å². The van der Waals surface area contributed by atoms with Gasteiger partial charge < -0.3 is 0 Å².